The van der Waals surface area contributed by atoms with Crippen LogP contribution in [-0.4, -0.2) is 18.9 Å². The summed E-state index contributed by atoms with van der Waals surface area (Å²) in [5, 5.41) is 0. The summed E-state index contributed by atoms with van der Waals surface area (Å²) in [6, 6.07) is 21.6. The van der Waals surface area contributed by atoms with Gasteiger partial charge < -0.3 is 4.39 Å². The second kappa shape index (κ2) is 4.24. The number of hydrogen-bond donors (Lipinski definition) is 0. The molecule has 0 aromatic heterocycles. The molecule has 0 amide bonds. The van der Waals surface area contributed by atoms with Gasteiger partial charge in [-0.25, -0.2) is 7.98 Å². The fourth-order valence-electron chi connectivity index (χ4n) is 2.99. The Balaban J connectivity index is 1.91. The van der Waals surface area contributed by atoms with Crippen LogP contribution < -0.4 is 0 Å². The van der Waals surface area contributed by atoms with Crippen LogP contribution in [0.3, 0.4) is 0 Å². The normalized spacial score (nSPS) is 26.2. The minimum absolute atomic E-state index is 0.0677. The van der Waals surface area contributed by atoms with E-state index in [4.69, 9.17) is 7.98 Å². The lowest BCUT2D eigenvalue weighted by Crippen LogP contribution is -2.42. The highest BCUT2D eigenvalue weighted by molar-refractivity contribution is 5.99. The Morgan fingerprint density at radius 3 is 2.05 bits per heavy atom. The molecule has 0 saturated carbocycles. The van der Waals surface area contributed by atoms with Crippen LogP contribution in [0, 0.1) is 0 Å². The third kappa shape index (κ3) is 1.91. The van der Waals surface area contributed by atoms with Gasteiger partial charge in [0.2, 0.25) is 0 Å². The molecule has 0 bridgehead atoms. The summed E-state index contributed by atoms with van der Waals surface area (Å²) in [5.74, 6) is 0. The molecule has 95 valence electrons. The van der Waals surface area contributed by atoms with Crippen molar-refractivity contribution in [3.8, 4) is 0 Å². The number of benzene rings is 2. The molecular formula is C17H19BN. The molecule has 1 fully saturated rings. The summed E-state index contributed by atoms with van der Waals surface area (Å²) >= 11 is 0. The second-order valence-electron chi connectivity index (χ2n) is 5.96. The molecular weight excluding hydrogens is 229 g/mol. The number of rotatable bonds is 3. The predicted octanol–water partition coefficient (Wildman–Crippen LogP) is 3.58. The summed E-state index contributed by atoms with van der Waals surface area (Å²) in [6.07, 6.45) is 0. The number of nitrogens with zero attached hydrogens (tertiary/aromatic N) is 1. The summed E-state index contributed by atoms with van der Waals surface area (Å²) in [4.78, 5) is 0. The first kappa shape index (κ1) is 12.5. The zero-order chi connectivity index (χ0) is 13.5. The van der Waals surface area contributed by atoms with Crippen LogP contribution in [0.15, 0.2) is 60.7 Å². The Labute approximate surface area is 116 Å². The highest BCUT2D eigenvalue weighted by atomic mass is 15.5. The van der Waals surface area contributed by atoms with Crippen LogP contribution in [0.4, 0.5) is 0 Å². The molecule has 2 atom stereocenters. The lowest BCUT2D eigenvalue weighted by atomic mass is 9.88. The van der Waals surface area contributed by atoms with Crippen molar-refractivity contribution in [3.63, 3.8) is 0 Å². The first-order chi connectivity index (χ1) is 9.06. The van der Waals surface area contributed by atoms with Crippen molar-refractivity contribution in [1.82, 2.24) is 0 Å². The molecule has 1 saturated heterocycles. The van der Waals surface area contributed by atoms with Gasteiger partial charge in [-0.05, 0) is 13.8 Å². The number of hydrogen-bond acceptors (Lipinski definition) is 0. The molecule has 1 heterocycles. The van der Waals surface area contributed by atoms with E-state index in [2.05, 4.69) is 74.5 Å². The molecule has 19 heavy (non-hydrogen) atoms. The standard InChI is InChI=1S/C17H19BN/c1-17(2,15-11-7-4-8-12-15)19(18)13-16(19)14-9-5-3-6-10-14/h3-12,16H,13H2,1-2H3/t16-,19-/m1/s1. The molecule has 3 rings (SSSR count). The Hall–Kier alpha value is -1.54. The smallest absolute Gasteiger partial charge is 0.115 e. The Morgan fingerprint density at radius 2 is 1.47 bits per heavy atom. The van der Waals surface area contributed by atoms with Gasteiger partial charge >= 0.3 is 0 Å². The molecule has 0 aliphatic carbocycles. The molecule has 0 unspecified atom stereocenters. The van der Waals surface area contributed by atoms with Crippen molar-refractivity contribution >= 4 is 7.98 Å². The molecule has 0 N–H and O–H groups in total. The van der Waals surface area contributed by atoms with Crippen LogP contribution in [0.5, 0.6) is 0 Å². The average Bonchev–Trinajstić information content (AvgIpc) is 3.15. The number of quaternary nitrogens is 1. The highest BCUT2D eigenvalue weighted by Gasteiger charge is 2.51. The Bertz CT molecular complexity index is 564. The lowest BCUT2D eigenvalue weighted by Gasteiger charge is -2.47. The van der Waals surface area contributed by atoms with Crippen LogP contribution in [0.25, 0.3) is 0 Å². The van der Waals surface area contributed by atoms with Crippen LogP contribution in [0.1, 0.15) is 31.0 Å². The third-order valence-electron chi connectivity index (χ3n) is 4.60. The van der Waals surface area contributed by atoms with E-state index in [9.17, 15) is 0 Å². The van der Waals surface area contributed by atoms with E-state index in [0.29, 0.717) is 10.4 Å². The van der Waals surface area contributed by atoms with E-state index in [1.807, 2.05) is 0 Å². The maximum atomic E-state index is 6.67. The summed E-state index contributed by atoms with van der Waals surface area (Å²) in [5.41, 5.74) is 2.58. The van der Waals surface area contributed by atoms with Gasteiger partial charge in [0.25, 0.3) is 0 Å². The first-order valence-corrected chi connectivity index (χ1v) is 6.82. The van der Waals surface area contributed by atoms with Crippen molar-refractivity contribution in [2.24, 2.45) is 0 Å². The monoisotopic (exact) mass is 248 g/mol. The lowest BCUT2D eigenvalue weighted by molar-refractivity contribution is -0.763. The van der Waals surface area contributed by atoms with Gasteiger partial charge in [-0.3, -0.25) is 0 Å². The molecule has 2 aromatic rings. The Morgan fingerprint density at radius 1 is 0.947 bits per heavy atom. The largest absolute Gasteiger partial charge is 0.565 e. The van der Waals surface area contributed by atoms with Gasteiger partial charge in [-0.1, -0.05) is 60.7 Å². The average molecular weight is 248 g/mol. The maximum Gasteiger partial charge on any atom is 0.115 e. The fourth-order valence-corrected chi connectivity index (χ4v) is 2.99. The predicted molar refractivity (Wildman–Crippen MR) is 79.5 cm³/mol. The zero-order valence-electron chi connectivity index (χ0n) is 11.6. The van der Waals surface area contributed by atoms with E-state index < -0.39 is 0 Å². The van der Waals surface area contributed by atoms with Gasteiger partial charge in [-0.15, -0.1) is 0 Å². The van der Waals surface area contributed by atoms with E-state index in [1.165, 1.54) is 11.1 Å². The third-order valence-corrected chi connectivity index (χ3v) is 4.60. The van der Waals surface area contributed by atoms with Crippen LogP contribution in [0.2, 0.25) is 0 Å². The van der Waals surface area contributed by atoms with Crippen LogP contribution >= 0.6 is 0 Å². The summed E-state index contributed by atoms with van der Waals surface area (Å²) < 4.78 is 0.598. The van der Waals surface area contributed by atoms with E-state index in [0.717, 1.165) is 6.54 Å². The fraction of sp³-hybridized carbons (Fsp3) is 0.294. The van der Waals surface area contributed by atoms with Crippen molar-refractivity contribution < 1.29 is 4.39 Å². The summed E-state index contributed by atoms with van der Waals surface area (Å²) in [6.45, 7) is 5.49. The Kier molecular flexibility index (Phi) is 2.79. The molecule has 2 aromatic carbocycles. The first-order valence-electron chi connectivity index (χ1n) is 6.82. The van der Waals surface area contributed by atoms with Crippen molar-refractivity contribution in [1.29, 1.82) is 0 Å². The van der Waals surface area contributed by atoms with E-state index >= 15 is 0 Å². The van der Waals surface area contributed by atoms with E-state index in [1.54, 1.807) is 0 Å². The van der Waals surface area contributed by atoms with Gasteiger partial charge in [-0.2, -0.15) is 0 Å². The zero-order valence-corrected chi connectivity index (χ0v) is 11.6. The molecule has 1 aliphatic rings. The molecule has 1 aliphatic heterocycles. The van der Waals surface area contributed by atoms with Gasteiger partial charge in [0.05, 0.1) is 12.1 Å². The quantitative estimate of drug-likeness (QED) is 0.575. The van der Waals surface area contributed by atoms with Crippen molar-refractivity contribution in [2.45, 2.75) is 25.4 Å². The highest BCUT2D eigenvalue weighted by Crippen LogP contribution is 2.52. The minimum atomic E-state index is -0.0677. The maximum absolute atomic E-state index is 6.67. The SMILES string of the molecule is [B-][N@+]1(C(C)(C)c2ccccc2)C[C@@H]1c1ccccc1. The molecule has 0 spiro atoms. The summed E-state index contributed by atoms with van der Waals surface area (Å²) in [7, 11) is 6.67. The van der Waals surface area contributed by atoms with Gasteiger partial charge in [0, 0.05) is 11.1 Å². The topological polar surface area (TPSA) is 0 Å². The van der Waals surface area contributed by atoms with Gasteiger partial charge in [0.1, 0.15) is 6.04 Å². The molecule has 3 radical (unpaired) electrons. The van der Waals surface area contributed by atoms with Crippen molar-refractivity contribution in [3.05, 3.63) is 71.8 Å². The minimum Gasteiger partial charge on any atom is -0.565 e. The molecule has 2 heteroatoms. The molecule has 1 nitrogen and oxygen atoms in total. The van der Waals surface area contributed by atoms with Crippen molar-refractivity contribution in [2.75, 3.05) is 6.54 Å². The van der Waals surface area contributed by atoms with Crippen LogP contribution in [-0.2, 0) is 5.54 Å². The second-order valence-corrected chi connectivity index (χ2v) is 5.96. The van der Waals surface area contributed by atoms with E-state index in [-0.39, 0.29) is 5.54 Å². The van der Waals surface area contributed by atoms with Gasteiger partial charge in [0.15, 0.2) is 0 Å².